The van der Waals surface area contributed by atoms with Gasteiger partial charge >= 0.3 is 6.92 Å². The Balaban J connectivity index is 0.000000391. The molecule has 0 aliphatic heterocycles. The number of amides is 2. The Kier molecular flexibility index (Phi) is 22.2. The predicted octanol–water partition coefficient (Wildman–Crippen LogP) is 11.0. The van der Waals surface area contributed by atoms with Gasteiger partial charge in [0, 0.05) is 42.0 Å². The van der Waals surface area contributed by atoms with Crippen molar-refractivity contribution in [2.45, 2.75) is 36.1 Å². The van der Waals surface area contributed by atoms with Gasteiger partial charge in [0.25, 0.3) is 0 Å². The lowest BCUT2D eigenvalue weighted by Gasteiger charge is -2.10. The summed E-state index contributed by atoms with van der Waals surface area (Å²) in [6, 6.07) is 52.6. The Morgan fingerprint density at radius 3 is 1.31 bits per heavy atom. The SMILES string of the molecule is C.C.C.CC(=O)Nc1ccc(F)cc1.CC(=O)Nc1ccc(F)cc1-c1ccccc1.Nc1ccc(F)cc1-c1ccccc1.OB(c1ccccc1)c1ccccc1. The third-order valence-electron chi connectivity index (χ3n) is 7.87. The summed E-state index contributed by atoms with van der Waals surface area (Å²) < 4.78 is 38.5. The molecule has 7 rings (SSSR count). The number of hydrogen-bond acceptors (Lipinski definition) is 4. The van der Waals surface area contributed by atoms with E-state index in [9.17, 15) is 27.8 Å². The van der Waals surface area contributed by atoms with E-state index in [0.717, 1.165) is 27.6 Å². The summed E-state index contributed by atoms with van der Waals surface area (Å²) >= 11 is 0. The molecule has 2 amide bonds. The maximum atomic E-state index is 13.3. The zero-order chi connectivity index (χ0) is 40.3. The van der Waals surface area contributed by atoms with E-state index >= 15 is 0 Å². The molecule has 0 aliphatic rings. The van der Waals surface area contributed by atoms with Crippen molar-refractivity contribution in [2.75, 3.05) is 16.4 Å². The predicted molar refractivity (Wildman–Crippen MR) is 243 cm³/mol. The van der Waals surface area contributed by atoms with Gasteiger partial charge in [-0.3, -0.25) is 9.59 Å². The molecule has 0 aromatic heterocycles. The van der Waals surface area contributed by atoms with Crippen LogP contribution in [0.5, 0.6) is 0 Å². The topological polar surface area (TPSA) is 104 Å². The van der Waals surface area contributed by atoms with E-state index in [2.05, 4.69) is 10.6 Å². The fourth-order valence-electron chi connectivity index (χ4n) is 5.27. The summed E-state index contributed by atoms with van der Waals surface area (Å²) in [6.07, 6.45) is 0. The number of halogens is 3. The molecule has 0 radical (unpaired) electrons. The van der Waals surface area contributed by atoms with Gasteiger partial charge in [0.05, 0.1) is 0 Å². The van der Waals surface area contributed by atoms with Gasteiger partial charge in [0.15, 0.2) is 0 Å². The van der Waals surface area contributed by atoms with E-state index in [-0.39, 0.29) is 51.5 Å². The molecular weight excluding hydrogens is 746 g/mol. The summed E-state index contributed by atoms with van der Waals surface area (Å²) in [4.78, 5) is 21.6. The molecule has 0 aliphatic carbocycles. The van der Waals surface area contributed by atoms with Crippen molar-refractivity contribution in [3.8, 4) is 22.3 Å². The number of anilines is 3. The molecule has 10 heteroatoms. The molecule has 0 unspecified atom stereocenters. The van der Waals surface area contributed by atoms with Crippen LogP contribution in [-0.2, 0) is 9.59 Å². The minimum atomic E-state index is -0.516. The van der Waals surface area contributed by atoms with Gasteiger partial charge in [0.2, 0.25) is 11.8 Å². The molecule has 0 spiro atoms. The minimum Gasteiger partial charge on any atom is -0.443 e. The lowest BCUT2D eigenvalue weighted by molar-refractivity contribution is -0.115. The molecule has 6 nitrogen and oxygen atoms in total. The third kappa shape index (κ3) is 17.0. The fourth-order valence-corrected chi connectivity index (χ4v) is 5.27. The number of carbonyl (C=O) groups is 2. The van der Waals surface area contributed by atoms with Crippen LogP contribution in [0.4, 0.5) is 30.2 Å². The van der Waals surface area contributed by atoms with E-state index in [0.29, 0.717) is 22.6 Å². The summed E-state index contributed by atoms with van der Waals surface area (Å²) in [5, 5.41) is 15.2. The summed E-state index contributed by atoms with van der Waals surface area (Å²) in [7, 11) is 0. The van der Waals surface area contributed by atoms with Gasteiger partial charge in [-0.25, -0.2) is 13.2 Å². The Bertz CT molecular complexity index is 2230. The van der Waals surface area contributed by atoms with Crippen molar-refractivity contribution in [2.24, 2.45) is 0 Å². The molecule has 5 N–H and O–H groups in total. The van der Waals surface area contributed by atoms with E-state index in [1.807, 2.05) is 121 Å². The number of nitrogen functional groups attached to an aromatic ring is 1. The molecule has 0 saturated heterocycles. The van der Waals surface area contributed by atoms with E-state index in [1.165, 1.54) is 62.4 Å². The number of nitrogens with two attached hydrogens (primary N) is 1. The van der Waals surface area contributed by atoms with Crippen LogP contribution in [0.3, 0.4) is 0 Å². The number of hydrogen-bond donors (Lipinski definition) is 4. The molecule has 0 fully saturated rings. The molecule has 306 valence electrons. The quantitative estimate of drug-likeness (QED) is 0.0993. The van der Waals surface area contributed by atoms with Crippen LogP contribution < -0.4 is 27.3 Å². The van der Waals surface area contributed by atoms with Crippen molar-refractivity contribution < 1.29 is 27.8 Å². The van der Waals surface area contributed by atoms with Crippen molar-refractivity contribution in [3.05, 3.63) is 199 Å². The van der Waals surface area contributed by atoms with Crippen LogP contribution in [0.1, 0.15) is 36.1 Å². The minimum absolute atomic E-state index is 0. The summed E-state index contributed by atoms with van der Waals surface area (Å²) in [5.41, 5.74) is 12.7. The smallest absolute Gasteiger partial charge is 0.358 e. The zero-order valence-corrected chi connectivity index (χ0v) is 30.9. The Morgan fingerprint density at radius 2 is 0.864 bits per heavy atom. The first-order valence-corrected chi connectivity index (χ1v) is 17.5. The Morgan fingerprint density at radius 1 is 0.492 bits per heavy atom. The van der Waals surface area contributed by atoms with Crippen LogP contribution in [0.25, 0.3) is 22.3 Å². The van der Waals surface area contributed by atoms with Gasteiger partial charge in [-0.05, 0) is 82.7 Å². The maximum absolute atomic E-state index is 13.3. The normalized spacial score (nSPS) is 9.32. The second-order valence-electron chi connectivity index (χ2n) is 12.2. The number of carbonyl (C=O) groups excluding carboxylic acids is 2. The van der Waals surface area contributed by atoms with Gasteiger partial charge in [-0.15, -0.1) is 0 Å². The standard InChI is InChI=1S/C14H12FNO.C12H11BO.C12H10FN.C8H8FNO.3CH4/c1-10(17)16-14-8-7-12(15)9-13(14)11-5-3-2-4-6-11;14-13(11-7-3-1-4-8-11)12-9-5-2-6-10-12;13-10-6-7-12(14)11(8-10)9-4-2-1-3-5-9;1-6(11)10-8-4-2-7(9)3-5-8;;;/h2-9H,1H3,(H,16,17);1-10,14H;1-8H,14H2;2-5H,1H3,(H,10,11);3*1H4. The van der Waals surface area contributed by atoms with Gasteiger partial charge in [-0.1, -0.05) is 144 Å². The zero-order valence-electron chi connectivity index (χ0n) is 30.9. The fraction of sp³-hybridized carbons (Fsp3) is 0.102. The molecule has 0 atom stereocenters. The highest BCUT2D eigenvalue weighted by molar-refractivity contribution is 6.78. The summed E-state index contributed by atoms with van der Waals surface area (Å²) in [5.74, 6) is -1.22. The van der Waals surface area contributed by atoms with Crippen LogP contribution >= 0.6 is 0 Å². The first-order valence-electron chi connectivity index (χ1n) is 17.5. The monoisotopic (exact) mass is 799 g/mol. The van der Waals surface area contributed by atoms with Crippen molar-refractivity contribution in [1.82, 2.24) is 0 Å². The Hall–Kier alpha value is -6.91. The molecular formula is C49H53BF3N3O3. The second kappa shape index (κ2) is 26.1. The molecule has 7 aromatic carbocycles. The second-order valence-corrected chi connectivity index (χ2v) is 12.2. The number of rotatable bonds is 6. The first kappa shape index (κ1) is 50.1. The molecule has 0 bridgehead atoms. The highest BCUT2D eigenvalue weighted by Crippen LogP contribution is 2.29. The van der Waals surface area contributed by atoms with Crippen LogP contribution in [0, 0.1) is 17.5 Å². The van der Waals surface area contributed by atoms with E-state index < -0.39 is 6.92 Å². The number of nitrogens with one attached hydrogen (secondary N) is 2. The van der Waals surface area contributed by atoms with Crippen molar-refractivity contribution in [3.63, 3.8) is 0 Å². The van der Waals surface area contributed by atoms with Crippen molar-refractivity contribution >= 4 is 46.7 Å². The maximum Gasteiger partial charge on any atom is 0.358 e. The summed E-state index contributed by atoms with van der Waals surface area (Å²) in [6.45, 7) is 2.32. The Labute approximate surface area is 347 Å². The number of benzene rings is 7. The molecule has 59 heavy (non-hydrogen) atoms. The largest absolute Gasteiger partial charge is 0.443 e. The third-order valence-corrected chi connectivity index (χ3v) is 7.87. The first-order chi connectivity index (χ1) is 27.0. The molecule has 0 saturated carbocycles. The highest BCUT2D eigenvalue weighted by atomic mass is 19.1. The lowest BCUT2D eigenvalue weighted by atomic mass is 9.56. The molecule has 0 heterocycles. The van der Waals surface area contributed by atoms with Crippen LogP contribution in [0.15, 0.2) is 182 Å². The van der Waals surface area contributed by atoms with E-state index in [1.54, 1.807) is 12.1 Å². The average Bonchev–Trinajstić information content (AvgIpc) is 3.22. The van der Waals surface area contributed by atoms with Crippen LogP contribution in [0.2, 0.25) is 0 Å². The van der Waals surface area contributed by atoms with Gasteiger partial charge in [-0.2, -0.15) is 0 Å². The van der Waals surface area contributed by atoms with E-state index in [4.69, 9.17) is 5.73 Å². The molecule has 7 aromatic rings. The van der Waals surface area contributed by atoms with Crippen LogP contribution in [-0.4, -0.2) is 23.8 Å². The van der Waals surface area contributed by atoms with Gasteiger partial charge in [0.1, 0.15) is 17.5 Å². The highest BCUT2D eigenvalue weighted by Gasteiger charge is 2.15. The lowest BCUT2D eigenvalue weighted by Crippen LogP contribution is -2.41. The average molecular weight is 800 g/mol. The van der Waals surface area contributed by atoms with Gasteiger partial charge < -0.3 is 21.4 Å². The van der Waals surface area contributed by atoms with Crippen molar-refractivity contribution in [1.29, 1.82) is 0 Å².